The molecule has 0 N–H and O–H groups in total. The molecule has 4 rings (SSSR count). The van der Waals surface area contributed by atoms with E-state index in [1.807, 2.05) is 6.07 Å². The van der Waals surface area contributed by atoms with Crippen LogP contribution in [0.2, 0.25) is 0 Å². The maximum atomic E-state index is 10.7. The summed E-state index contributed by atoms with van der Waals surface area (Å²) in [5, 5.41) is 10.7. The molecule has 126 valence electrons. The van der Waals surface area contributed by atoms with Crippen LogP contribution in [0.3, 0.4) is 0 Å². The molecule has 24 heavy (non-hydrogen) atoms. The first kappa shape index (κ1) is 14.9. The summed E-state index contributed by atoms with van der Waals surface area (Å²) in [4.78, 5) is 18.9. The number of rotatable bonds is 4. The quantitative estimate of drug-likeness (QED) is 0.623. The first-order chi connectivity index (χ1) is 11.7. The van der Waals surface area contributed by atoms with Gasteiger partial charge in [-0.15, -0.1) is 0 Å². The van der Waals surface area contributed by atoms with Crippen LogP contribution in [-0.4, -0.2) is 58.2 Å². The smallest absolute Gasteiger partial charge is 0.414 e. The van der Waals surface area contributed by atoms with Crippen LogP contribution in [0.1, 0.15) is 0 Å². The third-order valence-electron chi connectivity index (χ3n) is 4.54. The van der Waals surface area contributed by atoms with Crippen LogP contribution in [-0.2, 0) is 6.54 Å². The number of anilines is 1. The molecule has 0 radical (unpaired) electrons. The fourth-order valence-corrected chi connectivity index (χ4v) is 3.31. The summed E-state index contributed by atoms with van der Waals surface area (Å²) in [5.41, 5.74) is 1.27. The van der Waals surface area contributed by atoms with Crippen LogP contribution in [0.25, 0.3) is 0 Å². The normalized spacial score (nSPS) is 20.7. The number of aromatic nitrogens is 2. The summed E-state index contributed by atoms with van der Waals surface area (Å²) in [7, 11) is 0. The second-order valence-electron chi connectivity index (χ2n) is 6.15. The molecule has 8 heteroatoms. The van der Waals surface area contributed by atoms with Gasteiger partial charge in [-0.3, -0.25) is 9.47 Å². The number of ether oxygens (including phenoxy) is 1. The van der Waals surface area contributed by atoms with Crippen LogP contribution < -0.4 is 9.64 Å². The number of hydrogen-bond acceptors (Lipinski definition) is 6. The maximum absolute atomic E-state index is 10.7. The molecule has 0 spiro atoms. The van der Waals surface area contributed by atoms with E-state index in [0.717, 1.165) is 32.7 Å². The standard InChI is InChI=1S/C16H19N5O3/c22-21(23)15-12-20-11-14(24-16(20)17-15)10-18-6-8-19(9-7-18)13-4-2-1-3-5-13/h1-5,12,14H,6-11H2. The lowest BCUT2D eigenvalue weighted by atomic mass is 10.2. The minimum absolute atomic E-state index is 0.0107. The minimum atomic E-state index is -0.494. The van der Waals surface area contributed by atoms with Gasteiger partial charge in [-0.2, -0.15) is 0 Å². The highest BCUT2D eigenvalue weighted by molar-refractivity contribution is 5.46. The van der Waals surface area contributed by atoms with Gasteiger partial charge in [0.2, 0.25) is 0 Å². The van der Waals surface area contributed by atoms with Crippen molar-refractivity contribution in [3.63, 3.8) is 0 Å². The van der Waals surface area contributed by atoms with Crippen molar-refractivity contribution in [1.82, 2.24) is 14.5 Å². The Bertz CT molecular complexity index is 701. The molecule has 1 saturated heterocycles. The highest BCUT2D eigenvalue weighted by atomic mass is 16.6. The Balaban J connectivity index is 1.29. The van der Waals surface area contributed by atoms with E-state index in [0.29, 0.717) is 12.6 Å². The fourth-order valence-electron chi connectivity index (χ4n) is 3.31. The second-order valence-corrected chi connectivity index (χ2v) is 6.15. The predicted octanol–water partition coefficient (Wildman–Crippen LogP) is 1.37. The van der Waals surface area contributed by atoms with Crippen LogP contribution in [0.5, 0.6) is 6.01 Å². The van der Waals surface area contributed by atoms with E-state index < -0.39 is 4.92 Å². The molecule has 8 nitrogen and oxygen atoms in total. The molecule has 0 saturated carbocycles. The van der Waals surface area contributed by atoms with Crippen molar-refractivity contribution in [1.29, 1.82) is 0 Å². The lowest BCUT2D eigenvalue weighted by Gasteiger charge is -2.36. The number of imidazole rings is 1. The average molecular weight is 329 g/mol. The Morgan fingerprint density at radius 3 is 2.62 bits per heavy atom. The van der Waals surface area contributed by atoms with Crippen molar-refractivity contribution in [2.24, 2.45) is 0 Å². The largest absolute Gasteiger partial charge is 0.439 e. The summed E-state index contributed by atoms with van der Waals surface area (Å²) < 4.78 is 7.47. The Kier molecular flexibility index (Phi) is 3.81. The van der Waals surface area contributed by atoms with E-state index in [1.165, 1.54) is 11.9 Å². The minimum Gasteiger partial charge on any atom is -0.439 e. The zero-order valence-electron chi connectivity index (χ0n) is 13.2. The third-order valence-corrected chi connectivity index (χ3v) is 4.54. The van der Waals surface area contributed by atoms with Gasteiger partial charge >= 0.3 is 11.8 Å². The van der Waals surface area contributed by atoms with Crippen LogP contribution in [0.15, 0.2) is 36.5 Å². The zero-order valence-corrected chi connectivity index (χ0v) is 13.2. The average Bonchev–Trinajstić information content (AvgIpc) is 3.15. The number of fused-ring (bicyclic) bond motifs is 1. The Labute approximate surface area is 139 Å². The van der Waals surface area contributed by atoms with E-state index in [4.69, 9.17) is 4.74 Å². The van der Waals surface area contributed by atoms with Gasteiger partial charge in [0, 0.05) is 43.4 Å². The molecule has 0 amide bonds. The SMILES string of the molecule is O=[N+]([O-])c1cn2c(n1)OC(CN1CCN(c3ccccc3)CC1)C2. The van der Waals surface area contributed by atoms with Crippen LogP contribution >= 0.6 is 0 Å². The van der Waals surface area contributed by atoms with Gasteiger partial charge in [-0.05, 0) is 17.1 Å². The predicted molar refractivity (Wildman–Crippen MR) is 88.4 cm³/mol. The van der Waals surface area contributed by atoms with Crippen molar-refractivity contribution in [2.45, 2.75) is 12.6 Å². The van der Waals surface area contributed by atoms with Crippen LogP contribution in [0.4, 0.5) is 11.5 Å². The molecule has 1 aromatic heterocycles. The molecule has 2 aliphatic heterocycles. The molecule has 1 fully saturated rings. The van der Waals surface area contributed by atoms with E-state index in [9.17, 15) is 10.1 Å². The van der Waals surface area contributed by atoms with E-state index >= 15 is 0 Å². The van der Waals surface area contributed by atoms with E-state index in [2.05, 4.69) is 39.0 Å². The van der Waals surface area contributed by atoms with Gasteiger partial charge in [0.05, 0.1) is 6.54 Å². The molecular weight excluding hydrogens is 310 g/mol. The second kappa shape index (κ2) is 6.12. The van der Waals surface area contributed by atoms with Crippen molar-refractivity contribution in [2.75, 3.05) is 37.6 Å². The zero-order chi connectivity index (χ0) is 16.5. The first-order valence-electron chi connectivity index (χ1n) is 8.09. The Morgan fingerprint density at radius 2 is 1.96 bits per heavy atom. The lowest BCUT2D eigenvalue weighted by molar-refractivity contribution is -0.389. The summed E-state index contributed by atoms with van der Waals surface area (Å²) in [6.45, 7) is 5.39. The topological polar surface area (TPSA) is 76.7 Å². The Morgan fingerprint density at radius 1 is 1.21 bits per heavy atom. The molecule has 2 aliphatic rings. The molecule has 1 atom stereocenters. The number of benzene rings is 1. The molecule has 0 aliphatic carbocycles. The summed E-state index contributed by atoms with van der Waals surface area (Å²) in [6.07, 6.45) is 1.46. The van der Waals surface area contributed by atoms with E-state index in [-0.39, 0.29) is 11.9 Å². The molecular formula is C16H19N5O3. The number of hydrogen-bond donors (Lipinski definition) is 0. The molecule has 3 heterocycles. The van der Waals surface area contributed by atoms with Crippen molar-refractivity contribution >= 4 is 11.5 Å². The van der Waals surface area contributed by atoms with Gasteiger partial charge < -0.3 is 19.8 Å². The highest BCUT2D eigenvalue weighted by Gasteiger charge is 2.32. The summed E-state index contributed by atoms with van der Waals surface area (Å²) in [6, 6.07) is 10.8. The number of para-hydroxylation sites is 1. The summed E-state index contributed by atoms with van der Waals surface area (Å²) >= 11 is 0. The lowest BCUT2D eigenvalue weighted by Crippen LogP contribution is -2.49. The molecule has 1 aromatic carbocycles. The number of piperazine rings is 1. The van der Waals surface area contributed by atoms with E-state index in [1.54, 1.807) is 4.57 Å². The molecule has 1 unspecified atom stereocenters. The van der Waals surface area contributed by atoms with Crippen molar-refractivity contribution in [3.05, 3.63) is 46.6 Å². The summed E-state index contributed by atoms with van der Waals surface area (Å²) in [5.74, 6) is -0.153. The van der Waals surface area contributed by atoms with Gasteiger partial charge in [0.1, 0.15) is 12.3 Å². The number of nitro groups is 1. The highest BCUT2D eigenvalue weighted by Crippen LogP contribution is 2.25. The molecule has 2 aromatic rings. The van der Waals surface area contributed by atoms with Gasteiger partial charge in [0.25, 0.3) is 0 Å². The monoisotopic (exact) mass is 329 g/mol. The Hall–Kier alpha value is -2.61. The first-order valence-corrected chi connectivity index (χ1v) is 8.09. The van der Waals surface area contributed by atoms with Crippen LogP contribution in [0, 0.1) is 10.1 Å². The van der Waals surface area contributed by atoms with Gasteiger partial charge in [0.15, 0.2) is 0 Å². The number of nitrogens with zero attached hydrogens (tertiary/aromatic N) is 5. The fraction of sp³-hybridized carbons (Fsp3) is 0.438. The van der Waals surface area contributed by atoms with Gasteiger partial charge in [-0.1, -0.05) is 18.2 Å². The third kappa shape index (κ3) is 2.92. The molecule has 0 bridgehead atoms. The van der Waals surface area contributed by atoms with Gasteiger partial charge in [-0.25, -0.2) is 0 Å². The van der Waals surface area contributed by atoms with Crippen molar-refractivity contribution in [3.8, 4) is 6.01 Å². The van der Waals surface area contributed by atoms with Crippen molar-refractivity contribution < 1.29 is 9.66 Å². The maximum Gasteiger partial charge on any atom is 0.414 e.